The van der Waals surface area contributed by atoms with Gasteiger partial charge in [-0.15, -0.1) is 15.3 Å². The van der Waals surface area contributed by atoms with E-state index >= 15 is 0 Å². The first-order chi connectivity index (χ1) is 17.7. The summed E-state index contributed by atoms with van der Waals surface area (Å²) in [6.45, 7) is 15.1. The van der Waals surface area contributed by atoms with Crippen molar-refractivity contribution in [1.29, 1.82) is 0 Å². The number of azo groups is 1. The molecule has 1 aromatic carbocycles. The molecule has 0 fully saturated rings. The Morgan fingerprint density at radius 3 is 2.51 bits per heavy atom. The molecular formula is C24H22N12O. The summed E-state index contributed by atoms with van der Waals surface area (Å²) < 4.78 is 2.92. The highest BCUT2D eigenvalue weighted by Gasteiger charge is 2.26. The Morgan fingerprint density at radius 1 is 1.14 bits per heavy atom. The number of amides is 1. The monoisotopic (exact) mass is 494 g/mol. The number of aromatic amines is 1. The van der Waals surface area contributed by atoms with Gasteiger partial charge in [-0.05, 0) is 30.3 Å². The van der Waals surface area contributed by atoms with Crippen molar-refractivity contribution in [3.63, 3.8) is 0 Å². The van der Waals surface area contributed by atoms with Crippen LogP contribution in [-0.2, 0) is 10.2 Å². The van der Waals surface area contributed by atoms with Crippen LogP contribution in [0.4, 0.5) is 22.9 Å². The first-order valence-electron chi connectivity index (χ1n) is 11.3. The van der Waals surface area contributed by atoms with Gasteiger partial charge < -0.3 is 5.32 Å². The molecule has 13 heteroatoms. The molecule has 37 heavy (non-hydrogen) atoms. The van der Waals surface area contributed by atoms with E-state index in [0.29, 0.717) is 22.8 Å². The molecule has 5 aromatic rings. The Morgan fingerprint density at radius 2 is 1.86 bits per heavy atom. The van der Waals surface area contributed by atoms with Crippen LogP contribution in [0, 0.1) is 6.57 Å². The van der Waals surface area contributed by atoms with E-state index in [-0.39, 0.29) is 28.8 Å². The normalized spacial score (nSPS) is 11.8. The number of benzene rings is 1. The zero-order valence-electron chi connectivity index (χ0n) is 20.5. The zero-order chi connectivity index (χ0) is 26.2. The molecule has 0 aliphatic heterocycles. The topological polar surface area (TPSA) is 148 Å². The molecule has 0 atom stereocenters. The number of fused-ring (bicyclic) bond motifs is 1. The number of hydrogen-bond donors (Lipinski definition) is 2. The van der Waals surface area contributed by atoms with Crippen LogP contribution in [0.25, 0.3) is 27.8 Å². The number of anilines is 1. The maximum absolute atomic E-state index is 11.3. The van der Waals surface area contributed by atoms with Crippen LogP contribution in [0.2, 0.25) is 0 Å². The maximum Gasteiger partial charge on any atom is 0.252 e. The summed E-state index contributed by atoms with van der Waals surface area (Å²) >= 11 is 0. The molecular weight excluding hydrogens is 472 g/mol. The van der Waals surface area contributed by atoms with Gasteiger partial charge in [-0.1, -0.05) is 20.8 Å². The summed E-state index contributed by atoms with van der Waals surface area (Å²) in [5.74, 6) is 0.803. The van der Waals surface area contributed by atoms with Crippen LogP contribution >= 0.6 is 0 Å². The average molecular weight is 495 g/mol. The molecule has 0 unspecified atom stereocenters. The first-order valence-corrected chi connectivity index (χ1v) is 11.3. The molecule has 184 valence electrons. The second-order valence-corrected chi connectivity index (χ2v) is 9.14. The van der Waals surface area contributed by atoms with Crippen molar-refractivity contribution in [2.75, 3.05) is 5.32 Å². The molecule has 0 radical (unpaired) electrons. The third-order valence-corrected chi connectivity index (χ3v) is 5.32. The van der Waals surface area contributed by atoms with Crippen LogP contribution in [0.5, 0.6) is 0 Å². The van der Waals surface area contributed by atoms with Crippen LogP contribution in [0.1, 0.15) is 33.4 Å². The van der Waals surface area contributed by atoms with Gasteiger partial charge in [-0.3, -0.25) is 9.89 Å². The van der Waals surface area contributed by atoms with Gasteiger partial charge >= 0.3 is 0 Å². The van der Waals surface area contributed by atoms with Crippen molar-refractivity contribution in [2.24, 2.45) is 10.2 Å². The SMILES string of the molecule is [C-]#[N+]c1cnn(-c2ncccn2)c1N=Nc1c(C(C)(C)C)[nH]n2nc(-c3ccc(NC(C)=O)cc3)nc12. The van der Waals surface area contributed by atoms with Gasteiger partial charge in [0.15, 0.2) is 17.3 Å². The summed E-state index contributed by atoms with van der Waals surface area (Å²) in [7, 11) is 0. The molecule has 1 amide bonds. The smallest absolute Gasteiger partial charge is 0.252 e. The van der Waals surface area contributed by atoms with E-state index in [1.807, 2.05) is 32.9 Å². The highest BCUT2D eigenvalue weighted by Crippen LogP contribution is 2.37. The molecule has 5 rings (SSSR count). The molecule has 13 nitrogen and oxygen atoms in total. The third-order valence-electron chi connectivity index (χ3n) is 5.32. The Labute approximate surface area is 211 Å². The van der Waals surface area contributed by atoms with E-state index in [1.54, 1.807) is 35.2 Å². The molecule has 0 bridgehead atoms. The minimum atomic E-state index is -0.331. The largest absolute Gasteiger partial charge is 0.326 e. The standard InChI is InChI=1S/C24H22N12O/c1-14(37)29-16-9-7-15(8-10-16)20-30-22-18(19(24(2,3)4)33-36(22)34-20)31-32-21-17(25-5)13-28-35(21)23-26-11-6-12-27-23/h6-13,33H,1-4H3,(H,29,37). The van der Waals surface area contributed by atoms with E-state index in [0.717, 1.165) is 11.3 Å². The highest BCUT2D eigenvalue weighted by molar-refractivity contribution is 5.88. The lowest BCUT2D eigenvalue weighted by Crippen LogP contribution is -2.12. The van der Waals surface area contributed by atoms with Crippen molar-refractivity contribution < 1.29 is 4.79 Å². The molecule has 0 aliphatic rings. The number of carbonyl (C=O) groups excluding carboxylic acids is 1. The van der Waals surface area contributed by atoms with Gasteiger partial charge in [0.1, 0.15) is 0 Å². The van der Waals surface area contributed by atoms with Crippen molar-refractivity contribution in [3.05, 3.63) is 66.0 Å². The number of carbonyl (C=O) groups is 1. The van der Waals surface area contributed by atoms with Crippen LogP contribution < -0.4 is 5.32 Å². The van der Waals surface area contributed by atoms with E-state index < -0.39 is 0 Å². The summed E-state index contributed by atoms with van der Waals surface area (Å²) in [5.41, 5.74) is 3.05. The van der Waals surface area contributed by atoms with E-state index in [1.165, 1.54) is 17.8 Å². The van der Waals surface area contributed by atoms with Crippen molar-refractivity contribution >= 4 is 34.4 Å². The van der Waals surface area contributed by atoms with Crippen LogP contribution in [0.15, 0.2) is 59.2 Å². The fourth-order valence-corrected chi connectivity index (χ4v) is 3.61. The number of rotatable bonds is 5. The molecule has 0 spiro atoms. The van der Waals surface area contributed by atoms with Gasteiger partial charge in [0.05, 0.1) is 18.5 Å². The number of nitrogens with zero attached hydrogens (tertiary/aromatic N) is 10. The van der Waals surface area contributed by atoms with E-state index in [4.69, 9.17) is 11.6 Å². The summed E-state index contributed by atoms with van der Waals surface area (Å²) in [6, 6.07) is 8.91. The van der Waals surface area contributed by atoms with Gasteiger partial charge in [0.25, 0.3) is 11.6 Å². The highest BCUT2D eigenvalue weighted by atomic mass is 16.1. The van der Waals surface area contributed by atoms with Crippen molar-refractivity contribution in [1.82, 2.24) is 39.6 Å². The minimum Gasteiger partial charge on any atom is -0.326 e. The lowest BCUT2D eigenvalue weighted by molar-refractivity contribution is -0.114. The van der Waals surface area contributed by atoms with Crippen molar-refractivity contribution in [3.8, 4) is 17.3 Å². The predicted octanol–water partition coefficient (Wildman–Crippen LogP) is 4.92. The first kappa shape index (κ1) is 23.5. The predicted molar refractivity (Wildman–Crippen MR) is 135 cm³/mol. The zero-order valence-corrected chi connectivity index (χ0v) is 20.5. The molecule has 0 aliphatic carbocycles. The van der Waals surface area contributed by atoms with Crippen LogP contribution in [0.3, 0.4) is 0 Å². The van der Waals surface area contributed by atoms with E-state index in [2.05, 4.69) is 45.7 Å². The third kappa shape index (κ3) is 4.55. The Hall–Kier alpha value is -5.25. The van der Waals surface area contributed by atoms with Gasteiger partial charge in [0.2, 0.25) is 11.6 Å². The van der Waals surface area contributed by atoms with Gasteiger partial charge in [-0.25, -0.2) is 19.8 Å². The summed E-state index contributed by atoms with van der Waals surface area (Å²) in [4.78, 5) is 27.9. The summed E-state index contributed by atoms with van der Waals surface area (Å²) in [5, 5.41) is 23.7. The second kappa shape index (κ2) is 9.08. The number of H-pyrrole nitrogens is 1. The van der Waals surface area contributed by atoms with Crippen molar-refractivity contribution in [2.45, 2.75) is 33.1 Å². The fourth-order valence-electron chi connectivity index (χ4n) is 3.61. The lowest BCUT2D eigenvalue weighted by Gasteiger charge is -2.16. The fraction of sp³-hybridized carbons (Fsp3) is 0.208. The molecule has 4 heterocycles. The molecule has 2 N–H and O–H groups in total. The number of nitrogens with one attached hydrogen (secondary N) is 2. The maximum atomic E-state index is 11.3. The molecule has 0 saturated heterocycles. The van der Waals surface area contributed by atoms with Gasteiger partial charge in [-0.2, -0.15) is 14.4 Å². The summed E-state index contributed by atoms with van der Waals surface area (Å²) in [6.07, 6.45) is 4.56. The average Bonchev–Trinajstić information content (AvgIpc) is 3.56. The Bertz CT molecular complexity index is 1660. The van der Waals surface area contributed by atoms with Crippen LogP contribution in [-0.4, -0.2) is 45.5 Å². The molecule has 4 aromatic heterocycles. The Balaban J connectivity index is 1.59. The number of aromatic nitrogens is 8. The van der Waals surface area contributed by atoms with E-state index in [9.17, 15) is 4.79 Å². The Kier molecular flexibility index (Phi) is 5.76. The minimum absolute atomic E-state index is 0.146. The second-order valence-electron chi connectivity index (χ2n) is 9.14. The quantitative estimate of drug-likeness (QED) is 0.262. The lowest BCUT2D eigenvalue weighted by atomic mass is 9.91. The van der Waals surface area contributed by atoms with Gasteiger partial charge in [0, 0.05) is 36.0 Å². The number of hydrogen-bond acceptors (Lipinski definition) is 8. The molecule has 0 saturated carbocycles.